The third-order valence-electron chi connectivity index (χ3n) is 3.30. The van der Waals surface area contributed by atoms with Crippen LogP contribution in [0.4, 0.5) is 5.69 Å². The minimum Gasteiger partial charge on any atom is -0.352 e. The second-order valence-electron chi connectivity index (χ2n) is 4.91. The summed E-state index contributed by atoms with van der Waals surface area (Å²) in [5.41, 5.74) is 2.36. The van der Waals surface area contributed by atoms with E-state index in [1.165, 1.54) is 12.2 Å². The molecule has 0 saturated heterocycles. The molecule has 2 amide bonds. The van der Waals surface area contributed by atoms with Gasteiger partial charge in [0.15, 0.2) is 0 Å². The third kappa shape index (κ3) is 4.00. The Balaban J connectivity index is 1.79. The van der Waals surface area contributed by atoms with E-state index in [4.69, 9.17) is 0 Å². The van der Waals surface area contributed by atoms with Crippen LogP contribution in [-0.4, -0.2) is 30.4 Å². The highest BCUT2D eigenvalue weighted by atomic mass is 32.2. The lowest BCUT2D eigenvalue weighted by atomic mass is 10.1. The molecule has 0 atom stereocenters. The number of unbranched alkanes of at least 4 members (excludes halogenated alkanes) is 2. The van der Waals surface area contributed by atoms with E-state index in [2.05, 4.69) is 16.9 Å². The molecule has 1 aliphatic rings. The quantitative estimate of drug-likeness (QED) is 0.759. The maximum atomic E-state index is 12.0. The predicted molar refractivity (Wildman–Crippen MR) is 83.3 cm³/mol. The summed E-state index contributed by atoms with van der Waals surface area (Å²) in [6.45, 7) is 0.710. The van der Waals surface area contributed by atoms with Gasteiger partial charge in [0.2, 0.25) is 5.91 Å². The maximum Gasteiger partial charge on any atom is 0.251 e. The summed E-state index contributed by atoms with van der Waals surface area (Å²) in [4.78, 5) is 23.3. The van der Waals surface area contributed by atoms with Crippen LogP contribution < -0.4 is 10.6 Å². The number of amides is 2. The average Bonchev–Trinajstić information content (AvgIpc) is 2.81. The van der Waals surface area contributed by atoms with Gasteiger partial charge < -0.3 is 10.6 Å². The normalized spacial score (nSPS) is 12.9. The molecule has 2 rings (SSSR count). The monoisotopic (exact) mass is 292 g/mol. The van der Waals surface area contributed by atoms with Crippen LogP contribution in [0.5, 0.6) is 0 Å². The summed E-state index contributed by atoms with van der Waals surface area (Å²) >= 11 is 1.85. The molecule has 20 heavy (non-hydrogen) atoms. The molecule has 2 N–H and O–H groups in total. The second-order valence-corrected chi connectivity index (χ2v) is 5.89. The van der Waals surface area contributed by atoms with E-state index in [1.54, 1.807) is 18.2 Å². The first-order valence-electron chi connectivity index (χ1n) is 6.90. The first-order chi connectivity index (χ1) is 9.70. The molecule has 4 nitrogen and oxygen atoms in total. The molecule has 0 aromatic heterocycles. The smallest absolute Gasteiger partial charge is 0.251 e. The lowest BCUT2D eigenvalue weighted by Crippen LogP contribution is -2.24. The van der Waals surface area contributed by atoms with Gasteiger partial charge in [-0.1, -0.05) is 6.42 Å². The van der Waals surface area contributed by atoms with Crippen molar-refractivity contribution in [2.75, 3.05) is 23.9 Å². The van der Waals surface area contributed by atoms with Gasteiger partial charge in [-0.2, -0.15) is 11.8 Å². The van der Waals surface area contributed by atoms with Crippen LogP contribution in [0.1, 0.15) is 35.2 Å². The van der Waals surface area contributed by atoms with E-state index in [0.717, 1.165) is 24.1 Å². The maximum absolute atomic E-state index is 12.0. The fourth-order valence-corrected chi connectivity index (χ4v) is 2.72. The van der Waals surface area contributed by atoms with Crippen LogP contribution in [0.15, 0.2) is 18.2 Å². The summed E-state index contributed by atoms with van der Waals surface area (Å²) in [7, 11) is 0. The Hall–Kier alpha value is -1.49. The number of nitrogens with one attached hydrogen (secondary N) is 2. The van der Waals surface area contributed by atoms with Crippen molar-refractivity contribution in [3.63, 3.8) is 0 Å². The van der Waals surface area contributed by atoms with Gasteiger partial charge in [-0.15, -0.1) is 0 Å². The Morgan fingerprint density at radius 3 is 3.00 bits per heavy atom. The van der Waals surface area contributed by atoms with E-state index in [1.807, 2.05) is 11.8 Å². The molecule has 1 aromatic carbocycles. The predicted octanol–water partition coefficient (Wildman–Crippen LogP) is 2.44. The van der Waals surface area contributed by atoms with Crippen molar-refractivity contribution in [1.29, 1.82) is 0 Å². The van der Waals surface area contributed by atoms with Crippen molar-refractivity contribution in [2.24, 2.45) is 0 Å². The van der Waals surface area contributed by atoms with E-state index in [9.17, 15) is 9.59 Å². The molecule has 1 heterocycles. The zero-order chi connectivity index (χ0) is 14.4. The highest BCUT2D eigenvalue weighted by molar-refractivity contribution is 7.98. The number of rotatable bonds is 7. The topological polar surface area (TPSA) is 58.2 Å². The standard InChI is InChI=1S/C15H20N2O2S/c1-20-8-4-2-3-7-16-15(19)11-5-6-13-12(9-11)10-14(18)17-13/h5-6,9H,2-4,7-8,10H2,1H3,(H,16,19)(H,17,18). The van der Waals surface area contributed by atoms with Crippen molar-refractivity contribution in [3.05, 3.63) is 29.3 Å². The molecule has 0 spiro atoms. The van der Waals surface area contributed by atoms with E-state index in [0.29, 0.717) is 18.5 Å². The summed E-state index contributed by atoms with van der Waals surface area (Å²) in [6.07, 6.45) is 5.82. The van der Waals surface area contributed by atoms with Crippen LogP contribution in [0.3, 0.4) is 0 Å². The van der Waals surface area contributed by atoms with Gasteiger partial charge in [-0.3, -0.25) is 9.59 Å². The summed E-state index contributed by atoms with van der Waals surface area (Å²) < 4.78 is 0. The zero-order valence-electron chi connectivity index (χ0n) is 11.7. The van der Waals surface area contributed by atoms with Gasteiger partial charge >= 0.3 is 0 Å². The number of anilines is 1. The Morgan fingerprint density at radius 1 is 1.35 bits per heavy atom. The van der Waals surface area contributed by atoms with Gasteiger partial charge in [0.25, 0.3) is 5.91 Å². The van der Waals surface area contributed by atoms with Gasteiger partial charge in [-0.05, 0) is 48.6 Å². The molecule has 5 heteroatoms. The van der Waals surface area contributed by atoms with Gasteiger partial charge in [0.05, 0.1) is 6.42 Å². The number of carbonyl (C=O) groups excluding carboxylic acids is 2. The minimum absolute atomic E-state index is 0.00801. The molecular weight excluding hydrogens is 272 g/mol. The average molecular weight is 292 g/mol. The first-order valence-corrected chi connectivity index (χ1v) is 8.30. The minimum atomic E-state index is -0.0583. The van der Waals surface area contributed by atoms with Crippen molar-refractivity contribution < 1.29 is 9.59 Å². The van der Waals surface area contributed by atoms with Crippen molar-refractivity contribution in [2.45, 2.75) is 25.7 Å². The Bertz CT molecular complexity index is 503. The fraction of sp³-hybridized carbons (Fsp3) is 0.467. The van der Waals surface area contributed by atoms with Crippen molar-refractivity contribution >= 4 is 29.3 Å². The number of hydrogen-bond donors (Lipinski definition) is 2. The molecule has 0 bridgehead atoms. The fourth-order valence-electron chi connectivity index (χ4n) is 2.22. The van der Waals surface area contributed by atoms with Crippen molar-refractivity contribution in [3.8, 4) is 0 Å². The molecule has 108 valence electrons. The molecule has 0 saturated carbocycles. The number of thioether (sulfide) groups is 1. The van der Waals surface area contributed by atoms with Crippen LogP contribution in [0.2, 0.25) is 0 Å². The van der Waals surface area contributed by atoms with E-state index < -0.39 is 0 Å². The molecule has 0 fully saturated rings. The highest BCUT2D eigenvalue weighted by Gasteiger charge is 2.18. The lowest BCUT2D eigenvalue weighted by molar-refractivity contribution is -0.115. The number of fused-ring (bicyclic) bond motifs is 1. The molecule has 1 aromatic rings. The second kappa shape index (κ2) is 7.33. The first kappa shape index (κ1) is 14.9. The SMILES string of the molecule is CSCCCCCNC(=O)c1ccc2c(c1)CC(=O)N2. The summed E-state index contributed by atoms with van der Waals surface area (Å²) in [5, 5.41) is 5.69. The van der Waals surface area contributed by atoms with Crippen molar-refractivity contribution in [1.82, 2.24) is 5.32 Å². The van der Waals surface area contributed by atoms with Crippen LogP contribution in [0, 0.1) is 0 Å². The van der Waals surface area contributed by atoms with Crippen LogP contribution in [-0.2, 0) is 11.2 Å². The summed E-state index contributed by atoms with van der Waals surface area (Å²) in [5.74, 6) is 1.11. The van der Waals surface area contributed by atoms with Crippen LogP contribution >= 0.6 is 11.8 Å². The van der Waals surface area contributed by atoms with Gasteiger partial charge in [-0.25, -0.2) is 0 Å². The Kier molecular flexibility index (Phi) is 5.47. The molecule has 1 aliphatic heterocycles. The highest BCUT2D eigenvalue weighted by Crippen LogP contribution is 2.23. The lowest BCUT2D eigenvalue weighted by Gasteiger charge is -2.06. The zero-order valence-corrected chi connectivity index (χ0v) is 12.5. The molecule has 0 radical (unpaired) electrons. The molecule has 0 aliphatic carbocycles. The van der Waals surface area contributed by atoms with Gasteiger partial charge in [0.1, 0.15) is 0 Å². The van der Waals surface area contributed by atoms with E-state index in [-0.39, 0.29) is 11.8 Å². The Labute approximate surface area is 123 Å². The largest absolute Gasteiger partial charge is 0.352 e. The number of hydrogen-bond acceptors (Lipinski definition) is 3. The molecular formula is C15H20N2O2S. The van der Waals surface area contributed by atoms with Gasteiger partial charge in [0, 0.05) is 17.8 Å². The van der Waals surface area contributed by atoms with E-state index >= 15 is 0 Å². The third-order valence-corrected chi connectivity index (χ3v) is 4.00. The number of benzene rings is 1. The molecule has 0 unspecified atom stereocenters. The Morgan fingerprint density at radius 2 is 2.20 bits per heavy atom. The number of carbonyl (C=O) groups is 2. The summed E-state index contributed by atoms with van der Waals surface area (Å²) in [6, 6.07) is 5.36. The van der Waals surface area contributed by atoms with Crippen LogP contribution in [0.25, 0.3) is 0 Å².